The van der Waals surface area contributed by atoms with Crippen molar-refractivity contribution in [3.8, 4) is 0 Å². The van der Waals surface area contributed by atoms with Gasteiger partial charge >= 0.3 is 0 Å². The number of benzene rings is 1. The van der Waals surface area contributed by atoms with Crippen LogP contribution in [0.3, 0.4) is 0 Å². The Morgan fingerprint density at radius 2 is 1.95 bits per heavy atom. The maximum atomic E-state index is 12.9. The van der Waals surface area contributed by atoms with E-state index in [9.17, 15) is 4.39 Å². The Balaban J connectivity index is 2.06. The fourth-order valence-electron chi connectivity index (χ4n) is 1.78. The Morgan fingerprint density at radius 1 is 1.21 bits per heavy atom. The maximum absolute atomic E-state index is 12.9. The number of hydrogen-bond acceptors (Lipinski definition) is 4. The molecule has 0 amide bonds. The Morgan fingerprint density at radius 3 is 2.68 bits per heavy atom. The van der Waals surface area contributed by atoms with Gasteiger partial charge in [-0.05, 0) is 48.9 Å². The second-order valence-corrected chi connectivity index (χ2v) is 5.62. The number of aryl methyl sites for hydroxylation is 1. The van der Waals surface area contributed by atoms with Crippen molar-refractivity contribution in [1.82, 2.24) is 9.97 Å². The van der Waals surface area contributed by atoms with Gasteiger partial charge in [0, 0.05) is 10.6 Å². The van der Waals surface area contributed by atoms with E-state index in [1.165, 1.54) is 12.1 Å². The lowest BCUT2D eigenvalue weighted by Gasteiger charge is -2.06. The molecule has 2 aromatic heterocycles. The van der Waals surface area contributed by atoms with E-state index < -0.39 is 0 Å². The Labute approximate surface area is 118 Å². The summed E-state index contributed by atoms with van der Waals surface area (Å²) in [7, 11) is 0. The minimum absolute atomic E-state index is 0.193. The zero-order valence-corrected chi connectivity index (χ0v) is 11.5. The van der Waals surface area contributed by atoms with Gasteiger partial charge < -0.3 is 5.32 Å². The van der Waals surface area contributed by atoms with E-state index in [1.807, 2.05) is 13.0 Å². The summed E-state index contributed by atoms with van der Waals surface area (Å²) in [6.45, 7) is 2.00. The molecule has 3 rings (SSSR count). The van der Waals surface area contributed by atoms with E-state index in [2.05, 4.69) is 15.3 Å². The number of anilines is 2. The highest BCUT2D eigenvalue weighted by molar-refractivity contribution is 7.18. The minimum atomic E-state index is -0.275. The largest absolute Gasteiger partial charge is 0.340 e. The van der Waals surface area contributed by atoms with Gasteiger partial charge in [0.1, 0.15) is 16.5 Å². The van der Waals surface area contributed by atoms with E-state index in [4.69, 9.17) is 11.6 Å². The lowest BCUT2D eigenvalue weighted by Crippen LogP contribution is -1.95. The van der Waals surface area contributed by atoms with Crippen molar-refractivity contribution >= 4 is 44.7 Å². The van der Waals surface area contributed by atoms with Gasteiger partial charge in [0.15, 0.2) is 0 Å². The van der Waals surface area contributed by atoms with E-state index >= 15 is 0 Å². The predicted molar refractivity (Wildman–Crippen MR) is 76.8 cm³/mol. The average molecular weight is 294 g/mol. The number of nitrogens with one attached hydrogen (secondary N) is 1. The summed E-state index contributed by atoms with van der Waals surface area (Å²) >= 11 is 7.47. The first kappa shape index (κ1) is 12.3. The summed E-state index contributed by atoms with van der Waals surface area (Å²) in [6.07, 6.45) is 0. The van der Waals surface area contributed by atoms with Crippen molar-refractivity contribution < 1.29 is 4.39 Å². The van der Waals surface area contributed by atoms with Gasteiger partial charge in [-0.25, -0.2) is 9.37 Å². The highest BCUT2D eigenvalue weighted by Crippen LogP contribution is 2.31. The summed E-state index contributed by atoms with van der Waals surface area (Å²) in [5, 5.41) is 4.24. The molecule has 0 radical (unpaired) electrons. The molecule has 0 atom stereocenters. The van der Waals surface area contributed by atoms with Crippen LogP contribution >= 0.6 is 22.9 Å². The van der Waals surface area contributed by atoms with Crippen LogP contribution in [-0.2, 0) is 0 Å². The molecule has 0 saturated carbocycles. The van der Waals surface area contributed by atoms with Gasteiger partial charge in [-0.3, -0.25) is 0 Å². The number of fused-ring (bicyclic) bond motifs is 1. The van der Waals surface area contributed by atoms with Gasteiger partial charge in [-0.15, -0.1) is 11.3 Å². The van der Waals surface area contributed by atoms with Gasteiger partial charge in [-0.1, -0.05) is 0 Å². The summed E-state index contributed by atoms with van der Waals surface area (Å²) in [4.78, 5) is 10.3. The molecule has 0 spiro atoms. The Hall–Kier alpha value is -1.72. The normalized spacial score (nSPS) is 10.9. The number of hydrogen-bond donors (Lipinski definition) is 1. The molecule has 0 unspecified atom stereocenters. The van der Waals surface area contributed by atoms with Crippen LogP contribution in [0.4, 0.5) is 15.9 Å². The van der Waals surface area contributed by atoms with Crippen molar-refractivity contribution in [2.24, 2.45) is 0 Å². The minimum Gasteiger partial charge on any atom is -0.340 e. The Bertz CT molecular complexity index is 739. The number of aromatic nitrogens is 2. The summed E-state index contributed by atoms with van der Waals surface area (Å²) < 4.78 is 12.9. The van der Waals surface area contributed by atoms with Gasteiger partial charge in [0.05, 0.1) is 5.39 Å². The van der Waals surface area contributed by atoms with Gasteiger partial charge in [0.25, 0.3) is 0 Å². The van der Waals surface area contributed by atoms with Crippen molar-refractivity contribution in [3.05, 3.63) is 46.3 Å². The first-order chi connectivity index (χ1) is 9.11. The van der Waals surface area contributed by atoms with Gasteiger partial charge in [-0.2, -0.15) is 4.98 Å². The number of nitrogens with zero attached hydrogens (tertiary/aromatic N) is 2. The number of halogens is 2. The second kappa shape index (κ2) is 4.75. The molecule has 0 saturated heterocycles. The molecule has 1 aromatic carbocycles. The molecular weight excluding hydrogens is 285 g/mol. The maximum Gasteiger partial charge on any atom is 0.225 e. The lowest BCUT2D eigenvalue weighted by molar-refractivity contribution is 0.628. The summed E-state index contributed by atoms with van der Waals surface area (Å²) in [6, 6.07) is 8.08. The smallest absolute Gasteiger partial charge is 0.225 e. The van der Waals surface area contributed by atoms with Crippen LogP contribution in [0.2, 0.25) is 5.28 Å². The highest BCUT2D eigenvalue weighted by atomic mass is 35.5. The molecule has 0 aliphatic rings. The van der Waals surface area contributed by atoms with Crippen LogP contribution in [0.25, 0.3) is 10.2 Å². The predicted octanol–water partition coefficient (Wildman–Crippen LogP) is 4.54. The lowest BCUT2D eigenvalue weighted by atomic mass is 10.3. The second-order valence-electron chi connectivity index (χ2n) is 4.05. The molecule has 0 fully saturated rings. The number of thiophene rings is 1. The zero-order valence-electron chi connectivity index (χ0n) is 9.95. The molecule has 96 valence electrons. The summed E-state index contributed by atoms with van der Waals surface area (Å²) in [5.74, 6) is 0.355. The van der Waals surface area contributed by atoms with Crippen LogP contribution in [0.15, 0.2) is 30.3 Å². The molecule has 6 heteroatoms. The molecule has 3 aromatic rings. The quantitative estimate of drug-likeness (QED) is 0.705. The molecule has 0 aliphatic carbocycles. The molecule has 3 nitrogen and oxygen atoms in total. The first-order valence-corrected chi connectivity index (χ1v) is 6.77. The fourth-order valence-corrected chi connectivity index (χ4v) is 2.88. The van der Waals surface area contributed by atoms with Crippen LogP contribution in [0.1, 0.15) is 4.88 Å². The third-order valence-corrected chi connectivity index (χ3v) is 3.71. The van der Waals surface area contributed by atoms with Crippen molar-refractivity contribution in [3.63, 3.8) is 0 Å². The van der Waals surface area contributed by atoms with Crippen molar-refractivity contribution in [2.75, 3.05) is 5.32 Å². The van der Waals surface area contributed by atoms with E-state index in [1.54, 1.807) is 23.5 Å². The third-order valence-electron chi connectivity index (χ3n) is 2.60. The fraction of sp³-hybridized carbons (Fsp3) is 0.0769. The molecule has 2 heterocycles. The monoisotopic (exact) mass is 293 g/mol. The highest BCUT2D eigenvalue weighted by Gasteiger charge is 2.09. The van der Waals surface area contributed by atoms with Crippen molar-refractivity contribution in [2.45, 2.75) is 6.92 Å². The SMILES string of the molecule is Cc1cc2c(Nc3ccc(F)cc3)nc(Cl)nc2s1. The Kier molecular flexibility index (Phi) is 3.08. The third kappa shape index (κ3) is 2.52. The zero-order chi connectivity index (χ0) is 13.4. The average Bonchev–Trinajstić information content (AvgIpc) is 2.72. The van der Waals surface area contributed by atoms with E-state index in [-0.39, 0.29) is 11.1 Å². The molecule has 0 bridgehead atoms. The number of rotatable bonds is 2. The van der Waals surface area contributed by atoms with E-state index in [0.717, 1.165) is 20.8 Å². The molecular formula is C13H9ClFN3S. The summed E-state index contributed by atoms with van der Waals surface area (Å²) in [5.41, 5.74) is 0.751. The molecule has 19 heavy (non-hydrogen) atoms. The van der Waals surface area contributed by atoms with Crippen LogP contribution in [0.5, 0.6) is 0 Å². The van der Waals surface area contributed by atoms with Gasteiger partial charge in [0.2, 0.25) is 5.28 Å². The first-order valence-electron chi connectivity index (χ1n) is 5.58. The van der Waals surface area contributed by atoms with E-state index in [0.29, 0.717) is 5.82 Å². The van der Waals surface area contributed by atoms with Crippen LogP contribution in [-0.4, -0.2) is 9.97 Å². The molecule has 1 N–H and O–H groups in total. The van der Waals surface area contributed by atoms with Crippen LogP contribution in [0, 0.1) is 12.7 Å². The topological polar surface area (TPSA) is 37.8 Å². The molecule has 0 aliphatic heterocycles. The van der Waals surface area contributed by atoms with Crippen LogP contribution < -0.4 is 5.32 Å². The van der Waals surface area contributed by atoms with Crippen molar-refractivity contribution in [1.29, 1.82) is 0 Å². The standard InChI is InChI=1S/C13H9ClFN3S/c1-7-6-10-11(17-13(14)18-12(10)19-7)16-9-4-2-8(15)3-5-9/h2-6H,1H3,(H,16,17,18).